The summed E-state index contributed by atoms with van der Waals surface area (Å²) in [7, 11) is 0. The van der Waals surface area contributed by atoms with Crippen LogP contribution in [0.25, 0.3) is 0 Å². The summed E-state index contributed by atoms with van der Waals surface area (Å²) in [4.78, 5) is 2.35. The summed E-state index contributed by atoms with van der Waals surface area (Å²) in [6.45, 7) is 5.66. The minimum Gasteiger partial charge on any atom is -0.379 e. The van der Waals surface area contributed by atoms with Crippen LogP contribution >= 0.6 is 0 Å². The number of rotatable bonds is 2. The molecule has 0 aromatic carbocycles. The van der Waals surface area contributed by atoms with Gasteiger partial charge < -0.3 is 9.30 Å². The molecule has 1 aromatic rings. The van der Waals surface area contributed by atoms with Crippen molar-refractivity contribution < 1.29 is 4.74 Å². The summed E-state index contributed by atoms with van der Waals surface area (Å²) in [5.41, 5.74) is 0. The molecule has 0 amide bonds. The second-order valence-electron chi connectivity index (χ2n) is 3.35. The molecule has 72 valence electrons. The highest BCUT2D eigenvalue weighted by Crippen LogP contribution is 2.06. The molecule has 0 saturated carbocycles. The van der Waals surface area contributed by atoms with Gasteiger partial charge in [0.2, 0.25) is 0 Å². The van der Waals surface area contributed by atoms with Gasteiger partial charge in [0.15, 0.2) is 0 Å². The molecule has 1 aliphatic rings. The van der Waals surface area contributed by atoms with E-state index in [1.807, 2.05) is 4.57 Å². The van der Waals surface area contributed by atoms with E-state index in [-0.39, 0.29) is 0 Å². The van der Waals surface area contributed by atoms with E-state index in [2.05, 4.69) is 22.0 Å². The van der Waals surface area contributed by atoms with Crippen molar-refractivity contribution >= 4 is 0 Å². The Morgan fingerprint density at radius 2 is 2.23 bits per heavy atom. The van der Waals surface area contributed by atoms with Crippen LogP contribution in [0.2, 0.25) is 0 Å². The van der Waals surface area contributed by atoms with Crippen LogP contribution in [0, 0.1) is 0 Å². The first-order valence-electron chi connectivity index (χ1n) is 4.50. The Labute approximate surface area is 77.3 Å². The summed E-state index contributed by atoms with van der Waals surface area (Å²) >= 11 is 0. The zero-order valence-electron chi connectivity index (χ0n) is 7.76. The molecule has 1 saturated heterocycles. The number of aromatic nitrogens is 3. The van der Waals surface area contributed by atoms with E-state index in [0.717, 1.165) is 26.4 Å². The van der Waals surface area contributed by atoms with E-state index in [0.29, 0.717) is 6.04 Å². The number of ether oxygens (including phenoxy) is 1. The zero-order valence-corrected chi connectivity index (χ0v) is 7.76. The van der Waals surface area contributed by atoms with Crippen molar-refractivity contribution in [2.75, 3.05) is 19.8 Å². The fraction of sp³-hybridized carbons (Fsp3) is 0.750. The normalized spacial score (nSPS) is 24.8. The first-order chi connectivity index (χ1) is 6.36. The van der Waals surface area contributed by atoms with Gasteiger partial charge in [-0.15, -0.1) is 10.2 Å². The van der Waals surface area contributed by atoms with Gasteiger partial charge in [-0.25, -0.2) is 0 Å². The summed E-state index contributed by atoms with van der Waals surface area (Å²) < 4.78 is 7.32. The fourth-order valence-corrected chi connectivity index (χ4v) is 1.48. The van der Waals surface area contributed by atoms with Gasteiger partial charge >= 0.3 is 0 Å². The molecule has 1 aromatic heterocycles. The van der Waals surface area contributed by atoms with Gasteiger partial charge in [-0.1, -0.05) is 0 Å². The van der Waals surface area contributed by atoms with Crippen molar-refractivity contribution in [2.45, 2.75) is 19.6 Å². The summed E-state index contributed by atoms with van der Waals surface area (Å²) in [5, 5.41) is 7.54. The fourth-order valence-electron chi connectivity index (χ4n) is 1.48. The van der Waals surface area contributed by atoms with Gasteiger partial charge in [0.1, 0.15) is 12.7 Å². The van der Waals surface area contributed by atoms with E-state index in [1.54, 1.807) is 12.7 Å². The molecule has 0 radical (unpaired) electrons. The highest BCUT2D eigenvalue weighted by molar-refractivity contribution is 4.70. The maximum Gasteiger partial charge on any atom is 0.120 e. The number of morpholine rings is 1. The summed E-state index contributed by atoms with van der Waals surface area (Å²) in [6.07, 6.45) is 3.48. The second kappa shape index (κ2) is 3.85. The van der Waals surface area contributed by atoms with Gasteiger partial charge in [0, 0.05) is 12.6 Å². The molecule has 1 fully saturated rings. The first kappa shape index (κ1) is 8.65. The molecule has 0 bridgehead atoms. The molecule has 0 unspecified atom stereocenters. The largest absolute Gasteiger partial charge is 0.379 e. The SMILES string of the molecule is C[C@@H]1COCCN1Cn1cnnc1. The van der Waals surface area contributed by atoms with E-state index < -0.39 is 0 Å². The molecule has 0 aliphatic carbocycles. The molecular formula is C8H14N4O. The lowest BCUT2D eigenvalue weighted by Gasteiger charge is -2.32. The predicted octanol–water partition coefficient (Wildman–Crippen LogP) is -0.0437. The molecular weight excluding hydrogens is 168 g/mol. The minimum absolute atomic E-state index is 0.483. The standard InChI is InChI=1S/C8H14N4O/c1-8-4-13-3-2-12(8)7-11-5-9-10-6-11/h5-6,8H,2-4,7H2,1H3/t8-/m1/s1. The average molecular weight is 182 g/mol. The highest BCUT2D eigenvalue weighted by Gasteiger charge is 2.18. The molecule has 1 aliphatic heterocycles. The van der Waals surface area contributed by atoms with E-state index in [4.69, 9.17) is 4.74 Å². The maximum atomic E-state index is 5.35. The van der Waals surface area contributed by atoms with E-state index in [9.17, 15) is 0 Å². The summed E-state index contributed by atoms with van der Waals surface area (Å²) in [5.74, 6) is 0. The van der Waals surface area contributed by atoms with Crippen LogP contribution in [-0.2, 0) is 11.4 Å². The van der Waals surface area contributed by atoms with E-state index >= 15 is 0 Å². The third-order valence-electron chi connectivity index (χ3n) is 2.32. The van der Waals surface area contributed by atoms with Crippen LogP contribution in [0.4, 0.5) is 0 Å². The van der Waals surface area contributed by atoms with Gasteiger partial charge in [-0.05, 0) is 6.92 Å². The van der Waals surface area contributed by atoms with Crippen molar-refractivity contribution in [3.05, 3.63) is 12.7 Å². The second-order valence-corrected chi connectivity index (χ2v) is 3.35. The number of nitrogens with zero attached hydrogens (tertiary/aromatic N) is 4. The monoisotopic (exact) mass is 182 g/mol. The predicted molar refractivity (Wildman–Crippen MR) is 47.0 cm³/mol. The Balaban J connectivity index is 1.93. The third kappa shape index (κ3) is 2.05. The van der Waals surface area contributed by atoms with Crippen LogP contribution in [0.3, 0.4) is 0 Å². The number of hydrogen-bond acceptors (Lipinski definition) is 4. The lowest BCUT2D eigenvalue weighted by atomic mass is 10.3. The quantitative estimate of drug-likeness (QED) is 0.643. The zero-order chi connectivity index (χ0) is 9.10. The van der Waals surface area contributed by atoms with Crippen LogP contribution in [0.15, 0.2) is 12.7 Å². The third-order valence-corrected chi connectivity index (χ3v) is 2.32. The molecule has 0 N–H and O–H groups in total. The Kier molecular flexibility index (Phi) is 2.56. The minimum atomic E-state index is 0.483. The van der Waals surface area contributed by atoms with Gasteiger partial charge in [0.25, 0.3) is 0 Å². The van der Waals surface area contributed by atoms with E-state index in [1.165, 1.54) is 0 Å². The topological polar surface area (TPSA) is 43.2 Å². The van der Waals surface area contributed by atoms with Crippen molar-refractivity contribution in [3.63, 3.8) is 0 Å². The lowest BCUT2D eigenvalue weighted by molar-refractivity contribution is -0.0152. The maximum absolute atomic E-state index is 5.35. The lowest BCUT2D eigenvalue weighted by Crippen LogP contribution is -2.44. The molecule has 0 spiro atoms. The van der Waals surface area contributed by atoms with Crippen molar-refractivity contribution in [1.29, 1.82) is 0 Å². The molecule has 2 rings (SSSR count). The highest BCUT2D eigenvalue weighted by atomic mass is 16.5. The summed E-state index contributed by atoms with van der Waals surface area (Å²) in [6, 6.07) is 0.483. The van der Waals surface area contributed by atoms with Crippen LogP contribution in [-0.4, -0.2) is 45.5 Å². The van der Waals surface area contributed by atoms with Gasteiger partial charge in [-0.3, -0.25) is 4.90 Å². The first-order valence-corrected chi connectivity index (χ1v) is 4.50. The van der Waals surface area contributed by atoms with Crippen molar-refractivity contribution in [2.24, 2.45) is 0 Å². The molecule has 5 nitrogen and oxygen atoms in total. The number of hydrogen-bond donors (Lipinski definition) is 0. The van der Waals surface area contributed by atoms with Crippen LogP contribution in [0.1, 0.15) is 6.92 Å². The van der Waals surface area contributed by atoms with Crippen molar-refractivity contribution in [1.82, 2.24) is 19.7 Å². The average Bonchev–Trinajstić information content (AvgIpc) is 2.61. The van der Waals surface area contributed by atoms with Crippen molar-refractivity contribution in [3.8, 4) is 0 Å². The Morgan fingerprint density at radius 3 is 2.92 bits per heavy atom. The Morgan fingerprint density at radius 1 is 1.46 bits per heavy atom. The molecule has 1 atom stereocenters. The van der Waals surface area contributed by atoms with Crippen LogP contribution in [0.5, 0.6) is 0 Å². The molecule has 5 heteroatoms. The Hall–Kier alpha value is -0.940. The Bertz CT molecular complexity index is 249. The smallest absolute Gasteiger partial charge is 0.120 e. The van der Waals surface area contributed by atoms with Gasteiger partial charge in [-0.2, -0.15) is 0 Å². The van der Waals surface area contributed by atoms with Gasteiger partial charge in [0.05, 0.1) is 19.9 Å². The molecule has 13 heavy (non-hydrogen) atoms. The van der Waals surface area contributed by atoms with Crippen LogP contribution < -0.4 is 0 Å². The molecule has 2 heterocycles.